The molecular weight excluding hydrogens is 299 g/mol. The fraction of sp³-hybridized carbons (Fsp3) is 0.538. The molecule has 0 spiro atoms. The van der Waals surface area contributed by atoms with E-state index in [0.717, 1.165) is 37.9 Å². The lowest BCUT2D eigenvalue weighted by molar-refractivity contribution is 0.0946. The standard InChI is InChI=1S/C13H18BrFN2O/c14-12-7-9(3-4-13(12)15)6-10(17-16)8-11-2-1-5-18-11/h3-4,7,10-11,17H,1-2,5-6,8,16H2. The van der Waals surface area contributed by atoms with Crippen molar-refractivity contribution in [2.24, 2.45) is 5.84 Å². The normalized spacial score (nSPS) is 21.2. The molecule has 100 valence electrons. The maximum atomic E-state index is 13.1. The van der Waals surface area contributed by atoms with E-state index in [1.165, 1.54) is 6.07 Å². The van der Waals surface area contributed by atoms with Gasteiger partial charge in [-0.3, -0.25) is 11.3 Å². The molecule has 3 N–H and O–H groups in total. The molecule has 0 amide bonds. The molecular formula is C13H18BrFN2O. The smallest absolute Gasteiger partial charge is 0.137 e. The second-order valence-electron chi connectivity index (χ2n) is 4.69. The van der Waals surface area contributed by atoms with Crippen molar-refractivity contribution >= 4 is 15.9 Å². The summed E-state index contributed by atoms with van der Waals surface area (Å²) in [5.74, 6) is 5.33. The lowest BCUT2D eigenvalue weighted by atomic mass is 10.00. The Labute approximate surface area is 115 Å². The predicted octanol–water partition coefficient (Wildman–Crippen LogP) is 2.53. The van der Waals surface area contributed by atoms with Crippen LogP contribution in [-0.4, -0.2) is 18.8 Å². The minimum absolute atomic E-state index is 0.158. The summed E-state index contributed by atoms with van der Waals surface area (Å²) in [6, 6.07) is 5.22. The molecule has 1 aliphatic rings. The Hall–Kier alpha value is -0.490. The second kappa shape index (κ2) is 6.61. The Balaban J connectivity index is 1.94. The molecule has 18 heavy (non-hydrogen) atoms. The molecule has 1 aromatic carbocycles. The Morgan fingerprint density at radius 2 is 2.39 bits per heavy atom. The number of benzene rings is 1. The van der Waals surface area contributed by atoms with Crippen molar-refractivity contribution in [1.29, 1.82) is 0 Å². The number of hydrogen-bond donors (Lipinski definition) is 2. The van der Waals surface area contributed by atoms with E-state index in [4.69, 9.17) is 10.6 Å². The van der Waals surface area contributed by atoms with Crippen LogP contribution in [0.3, 0.4) is 0 Å². The van der Waals surface area contributed by atoms with Crippen molar-refractivity contribution in [3.05, 3.63) is 34.1 Å². The summed E-state index contributed by atoms with van der Waals surface area (Å²) in [6.45, 7) is 0.851. The molecule has 5 heteroatoms. The highest BCUT2D eigenvalue weighted by Crippen LogP contribution is 2.21. The highest BCUT2D eigenvalue weighted by molar-refractivity contribution is 9.10. The summed E-state index contributed by atoms with van der Waals surface area (Å²) in [6.07, 6.45) is 4.20. The molecule has 3 nitrogen and oxygen atoms in total. The van der Waals surface area contributed by atoms with Crippen molar-refractivity contribution in [3.63, 3.8) is 0 Å². The van der Waals surface area contributed by atoms with Crippen molar-refractivity contribution in [3.8, 4) is 0 Å². The predicted molar refractivity (Wildman–Crippen MR) is 72.5 cm³/mol. The van der Waals surface area contributed by atoms with Crippen LogP contribution in [0.2, 0.25) is 0 Å². The molecule has 1 saturated heterocycles. The van der Waals surface area contributed by atoms with Gasteiger partial charge in [-0.2, -0.15) is 0 Å². The summed E-state index contributed by atoms with van der Waals surface area (Å²) < 4.78 is 19.2. The van der Waals surface area contributed by atoms with E-state index < -0.39 is 0 Å². The van der Waals surface area contributed by atoms with Crippen LogP contribution >= 0.6 is 15.9 Å². The van der Waals surface area contributed by atoms with Crippen molar-refractivity contribution in [1.82, 2.24) is 5.43 Å². The highest BCUT2D eigenvalue weighted by Gasteiger charge is 2.20. The van der Waals surface area contributed by atoms with E-state index in [1.807, 2.05) is 0 Å². The van der Waals surface area contributed by atoms with Crippen molar-refractivity contribution in [2.45, 2.75) is 37.8 Å². The molecule has 1 aliphatic heterocycles. The molecule has 2 unspecified atom stereocenters. The third-order valence-electron chi connectivity index (χ3n) is 3.27. The van der Waals surface area contributed by atoms with E-state index >= 15 is 0 Å². The summed E-state index contributed by atoms with van der Waals surface area (Å²) >= 11 is 3.19. The zero-order chi connectivity index (χ0) is 13.0. The molecule has 0 saturated carbocycles. The van der Waals surface area contributed by atoms with Gasteiger partial charge in [-0.15, -0.1) is 0 Å². The fourth-order valence-corrected chi connectivity index (χ4v) is 2.74. The van der Waals surface area contributed by atoms with E-state index in [0.29, 0.717) is 10.6 Å². The maximum Gasteiger partial charge on any atom is 0.137 e. The summed E-state index contributed by atoms with van der Waals surface area (Å²) in [7, 11) is 0. The lowest BCUT2D eigenvalue weighted by Crippen LogP contribution is -2.39. The quantitative estimate of drug-likeness (QED) is 0.648. The van der Waals surface area contributed by atoms with Crippen LogP contribution in [0.5, 0.6) is 0 Å². The molecule has 0 aromatic heterocycles. The first kappa shape index (κ1) is 13.9. The van der Waals surface area contributed by atoms with Crippen LogP contribution in [0, 0.1) is 5.82 Å². The Bertz CT molecular complexity index is 397. The molecule has 1 aromatic rings. The fourth-order valence-electron chi connectivity index (χ4n) is 2.31. The van der Waals surface area contributed by atoms with Gasteiger partial charge in [-0.1, -0.05) is 6.07 Å². The van der Waals surface area contributed by atoms with Gasteiger partial charge in [0.15, 0.2) is 0 Å². The van der Waals surface area contributed by atoms with Gasteiger partial charge in [-0.25, -0.2) is 4.39 Å². The monoisotopic (exact) mass is 316 g/mol. The van der Waals surface area contributed by atoms with Crippen LogP contribution in [0.25, 0.3) is 0 Å². The van der Waals surface area contributed by atoms with E-state index in [1.54, 1.807) is 12.1 Å². The van der Waals surface area contributed by atoms with Gasteiger partial charge >= 0.3 is 0 Å². The average Bonchev–Trinajstić information content (AvgIpc) is 2.86. The molecule has 1 fully saturated rings. The number of hydrazine groups is 1. The van der Waals surface area contributed by atoms with E-state index in [9.17, 15) is 4.39 Å². The minimum Gasteiger partial charge on any atom is -0.378 e. The van der Waals surface area contributed by atoms with Gasteiger partial charge in [0.1, 0.15) is 5.82 Å². The third-order valence-corrected chi connectivity index (χ3v) is 3.88. The van der Waals surface area contributed by atoms with Crippen LogP contribution in [0.1, 0.15) is 24.8 Å². The first-order chi connectivity index (χ1) is 8.69. The highest BCUT2D eigenvalue weighted by atomic mass is 79.9. The number of ether oxygens (including phenoxy) is 1. The van der Waals surface area contributed by atoms with E-state index in [-0.39, 0.29) is 11.9 Å². The zero-order valence-electron chi connectivity index (χ0n) is 10.2. The summed E-state index contributed by atoms with van der Waals surface area (Å²) in [4.78, 5) is 0. The Kier molecular flexibility index (Phi) is 5.12. The van der Waals surface area contributed by atoms with Crippen LogP contribution < -0.4 is 11.3 Å². The SMILES string of the molecule is NNC(Cc1ccc(F)c(Br)c1)CC1CCCO1. The van der Waals surface area contributed by atoms with Crippen LogP contribution in [0.15, 0.2) is 22.7 Å². The number of nitrogens with one attached hydrogen (secondary N) is 1. The minimum atomic E-state index is -0.241. The number of halogens is 2. The van der Waals surface area contributed by atoms with Crippen LogP contribution in [0.4, 0.5) is 4.39 Å². The van der Waals surface area contributed by atoms with Gasteiger partial charge in [0, 0.05) is 12.6 Å². The third kappa shape index (κ3) is 3.75. The molecule has 2 atom stereocenters. The maximum absolute atomic E-state index is 13.1. The van der Waals surface area contributed by atoms with Gasteiger partial charge in [0.05, 0.1) is 10.6 Å². The van der Waals surface area contributed by atoms with Gasteiger partial charge < -0.3 is 4.74 Å². The van der Waals surface area contributed by atoms with E-state index in [2.05, 4.69) is 21.4 Å². The number of rotatable bonds is 5. The second-order valence-corrected chi connectivity index (χ2v) is 5.54. The first-order valence-corrected chi connectivity index (χ1v) is 7.00. The Morgan fingerprint density at radius 1 is 1.56 bits per heavy atom. The Morgan fingerprint density at radius 3 is 3.00 bits per heavy atom. The lowest BCUT2D eigenvalue weighted by Gasteiger charge is -2.19. The van der Waals surface area contributed by atoms with Crippen LogP contribution in [-0.2, 0) is 11.2 Å². The van der Waals surface area contributed by atoms with Gasteiger partial charge in [0.2, 0.25) is 0 Å². The first-order valence-electron chi connectivity index (χ1n) is 6.20. The molecule has 0 aliphatic carbocycles. The van der Waals surface area contributed by atoms with Gasteiger partial charge in [-0.05, 0) is 59.3 Å². The molecule has 0 radical (unpaired) electrons. The molecule has 0 bridgehead atoms. The largest absolute Gasteiger partial charge is 0.378 e. The zero-order valence-corrected chi connectivity index (χ0v) is 11.7. The van der Waals surface area contributed by atoms with Crippen molar-refractivity contribution < 1.29 is 9.13 Å². The summed E-state index contributed by atoms with van der Waals surface area (Å²) in [5.41, 5.74) is 3.88. The number of nitrogens with two attached hydrogens (primary N) is 1. The number of hydrogen-bond acceptors (Lipinski definition) is 3. The average molecular weight is 317 g/mol. The topological polar surface area (TPSA) is 47.3 Å². The summed E-state index contributed by atoms with van der Waals surface area (Å²) in [5, 5.41) is 0. The molecule has 1 heterocycles. The van der Waals surface area contributed by atoms with Gasteiger partial charge in [0.25, 0.3) is 0 Å². The van der Waals surface area contributed by atoms with Crippen molar-refractivity contribution in [2.75, 3.05) is 6.61 Å². The molecule has 2 rings (SSSR count).